The van der Waals surface area contributed by atoms with Crippen LogP contribution < -0.4 is 4.74 Å². The smallest absolute Gasteiger partial charge is 0.338 e. The molecule has 8 nitrogen and oxygen atoms in total. The minimum Gasteiger partial charge on any atom is -0.491 e. The van der Waals surface area contributed by atoms with Crippen molar-refractivity contribution in [3.8, 4) is 11.4 Å². The Morgan fingerprint density at radius 3 is 2.28 bits per heavy atom. The summed E-state index contributed by atoms with van der Waals surface area (Å²) in [6, 6.07) is 15.3. The van der Waals surface area contributed by atoms with Gasteiger partial charge in [0.2, 0.25) is 5.78 Å². The van der Waals surface area contributed by atoms with E-state index in [1.807, 2.05) is 18.4 Å². The third kappa shape index (κ3) is 5.66. The summed E-state index contributed by atoms with van der Waals surface area (Å²) in [5.74, 6) is -0.655. The van der Waals surface area contributed by atoms with Crippen LogP contribution in [0, 0.1) is 13.8 Å². The molecule has 1 aliphatic heterocycles. The Kier molecular flexibility index (Phi) is 7.85. The van der Waals surface area contributed by atoms with Crippen molar-refractivity contribution in [1.82, 2.24) is 4.57 Å². The average molecular weight is 492 g/mol. The number of aromatic nitrogens is 1. The molecule has 8 heteroatoms. The average Bonchev–Trinajstić information content (AvgIpc) is 3.53. The third-order valence-corrected chi connectivity index (χ3v) is 6.16. The number of nitrogens with zero attached hydrogens (tertiary/aromatic N) is 1. The summed E-state index contributed by atoms with van der Waals surface area (Å²) in [6.45, 7) is 4.58. The van der Waals surface area contributed by atoms with E-state index in [4.69, 9.17) is 18.9 Å². The number of aryl methyl sites for hydroxylation is 1. The highest BCUT2D eigenvalue weighted by Gasteiger charge is 2.20. The lowest BCUT2D eigenvalue weighted by molar-refractivity contribution is 0.0474. The molecule has 0 saturated carbocycles. The number of carbonyl (C=O) groups is 3. The lowest BCUT2D eigenvalue weighted by Crippen LogP contribution is -2.16. The van der Waals surface area contributed by atoms with Gasteiger partial charge in [0.05, 0.1) is 24.3 Å². The van der Waals surface area contributed by atoms with Gasteiger partial charge < -0.3 is 23.5 Å². The van der Waals surface area contributed by atoms with E-state index in [0.717, 1.165) is 30.8 Å². The Balaban J connectivity index is 1.36. The fourth-order valence-corrected chi connectivity index (χ4v) is 4.25. The molecule has 1 saturated heterocycles. The Labute approximate surface area is 209 Å². The van der Waals surface area contributed by atoms with Crippen LogP contribution >= 0.6 is 0 Å². The maximum Gasteiger partial charge on any atom is 0.338 e. The molecular formula is C28H29NO7. The van der Waals surface area contributed by atoms with Gasteiger partial charge in [0.15, 0.2) is 6.61 Å². The van der Waals surface area contributed by atoms with Crippen LogP contribution in [0.4, 0.5) is 0 Å². The zero-order valence-corrected chi connectivity index (χ0v) is 20.6. The highest BCUT2D eigenvalue weighted by atomic mass is 16.5. The quantitative estimate of drug-likeness (QED) is 0.322. The van der Waals surface area contributed by atoms with E-state index in [-0.39, 0.29) is 18.5 Å². The first-order chi connectivity index (χ1) is 17.4. The van der Waals surface area contributed by atoms with E-state index in [1.165, 1.54) is 7.11 Å². The molecule has 4 rings (SSSR count). The van der Waals surface area contributed by atoms with Gasteiger partial charge in [-0.15, -0.1) is 0 Å². The van der Waals surface area contributed by atoms with Crippen LogP contribution in [0.25, 0.3) is 5.69 Å². The minimum atomic E-state index is -0.582. The van der Waals surface area contributed by atoms with E-state index in [0.29, 0.717) is 34.7 Å². The van der Waals surface area contributed by atoms with E-state index >= 15 is 0 Å². The van der Waals surface area contributed by atoms with Crippen LogP contribution in [0.1, 0.15) is 55.3 Å². The summed E-state index contributed by atoms with van der Waals surface area (Å²) in [6.07, 6.45) is 2.15. The summed E-state index contributed by atoms with van der Waals surface area (Å²) >= 11 is 0. The molecule has 0 N–H and O–H groups in total. The van der Waals surface area contributed by atoms with Gasteiger partial charge in [-0.2, -0.15) is 0 Å². The molecule has 0 amide bonds. The van der Waals surface area contributed by atoms with Crippen molar-refractivity contribution < 1.29 is 33.3 Å². The second-order valence-corrected chi connectivity index (χ2v) is 8.63. The highest BCUT2D eigenvalue weighted by Crippen LogP contribution is 2.22. The molecule has 1 atom stereocenters. The summed E-state index contributed by atoms with van der Waals surface area (Å²) in [5.41, 5.74) is 3.60. The van der Waals surface area contributed by atoms with Crippen molar-refractivity contribution in [1.29, 1.82) is 0 Å². The number of esters is 2. The number of rotatable bonds is 9. The summed E-state index contributed by atoms with van der Waals surface area (Å²) in [4.78, 5) is 37.0. The first-order valence-corrected chi connectivity index (χ1v) is 11.8. The molecule has 3 aromatic rings. The molecule has 1 unspecified atom stereocenters. The topological polar surface area (TPSA) is 93.1 Å². The maximum absolute atomic E-state index is 12.9. The SMILES string of the molecule is COC(=O)c1ccc(-n2c(C)cc(C(=O)COC(=O)c3ccc(OCC4CCCO4)cc3)c2C)cc1. The minimum absolute atomic E-state index is 0.113. The lowest BCUT2D eigenvalue weighted by atomic mass is 10.1. The largest absolute Gasteiger partial charge is 0.491 e. The van der Waals surface area contributed by atoms with Crippen LogP contribution in [-0.4, -0.2) is 55.3 Å². The van der Waals surface area contributed by atoms with Crippen LogP contribution in [0.5, 0.6) is 5.75 Å². The number of ether oxygens (including phenoxy) is 4. The van der Waals surface area contributed by atoms with Gasteiger partial charge in [0.25, 0.3) is 0 Å². The van der Waals surface area contributed by atoms with Crippen molar-refractivity contribution in [3.63, 3.8) is 0 Å². The van der Waals surface area contributed by atoms with Gasteiger partial charge in [-0.25, -0.2) is 9.59 Å². The van der Waals surface area contributed by atoms with Gasteiger partial charge in [0.1, 0.15) is 12.4 Å². The van der Waals surface area contributed by atoms with E-state index in [2.05, 4.69) is 0 Å². The predicted octanol–water partition coefficient (Wildman–Crippen LogP) is 4.48. The molecule has 1 fully saturated rings. The third-order valence-electron chi connectivity index (χ3n) is 6.16. The molecule has 0 spiro atoms. The molecule has 2 heterocycles. The van der Waals surface area contributed by atoms with Crippen LogP contribution in [0.15, 0.2) is 54.6 Å². The number of methoxy groups -OCH3 is 1. The van der Waals surface area contributed by atoms with Gasteiger partial charge in [-0.1, -0.05) is 0 Å². The number of Topliss-reactive ketones (excluding diaryl/α,β-unsaturated/α-hetero) is 1. The lowest BCUT2D eigenvalue weighted by Gasteiger charge is -2.12. The standard InChI is InChI=1S/C28H29NO7/c1-18-15-25(19(2)29(18)22-10-6-20(7-11-22)27(31)33-3)26(30)17-36-28(32)21-8-12-23(13-9-21)35-16-24-5-4-14-34-24/h6-13,15,24H,4-5,14,16-17H2,1-3H3. The zero-order chi connectivity index (χ0) is 25.7. The monoisotopic (exact) mass is 491 g/mol. The summed E-state index contributed by atoms with van der Waals surface area (Å²) in [7, 11) is 1.33. The molecule has 0 radical (unpaired) electrons. The Hall–Kier alpha value is -3.91. The van der Waals surface area contributed by atoms with Crippen LogP contribution in [-0.2, 0) is 14.2 Å². The van der Waals surface area contributed by atoms with Crippen LogP contribution in [0.2, 0.25) is 0 Å². The van der Waals surface area contributed by atoms with Gasteiger partial charge in [0, 0.05) is 29.2 Å². The van der Waals surface area contributed by atoms with Crippen molar-refractivity contribution in [2.75, 3.05) is 26.9 Å². The number of hydrogen-bond donors (Lipinski definition) is 0. The van der Waals surface area contributed by atoms with Gasteiger partial charge in [-0.3, -0.25) is 4.79 Å². The molecule has 0 aliphatic carbocycles. The fraction of sp³-hybridized carbons (Fsp3) is 0.321. The van der Waals surface area contributed by atoms with E-state index in [9.17, 15) is 14.4 Å². The zero-order valence-electron chi connectivity index (χ0n) is 20.6. The predicted molar refractivity (Wildman–Crippen MR) is 132 cm³/mol. The summed E-state index contributed by atoms with van der Waals surface area (Å²) < 4.78 is 23.2. The Bertz CT molecular complexity index is 1240. The first kappa shape index (κ1) is 25.2. The number of carbonyl (C=O) groups excluding carboxylic acids is 3. The van der Waals surface area contributed by atoms with Crippen molar-refractivity contribution in [2.45, 2.75) is 32.8 Å². The van der Waals surface area contributed by atoms with Gasteiger partial charge >= 0.3 is 11.9 Å². The normalized spacial score (nSPS) is 14.9. The number of benzene rings is 2. The molecule has 1 aromatic heterocycles. The van der Waals surface area contributed by atoms with Crippen molar-refractivity contribution in [2.24, 2.45) is 0 Å². The molecule has 1 aliphatic rings. The van der Waals surface area contributed by atoms with E-state index < -0.39 is 11.9 Å². The first-order valence-electron chi connectivity index (χ1n) is 11.8. The number of hydrogen-bond acceptors (Lipinski definition) is 7. The fourth-order valence-electron chi connectivity index (χ4n) is 4.25. The molecule has 0 bridgehead atoms. The second kappa shape index (κ2) is 11.2. The van der Waals surface area contributed by atoms with Gasteiger partial charge in [-0.05, 0) is 81.3 Å². The molecule has 36 heavy (non-hydrogen) atoms. The molecule has 188 valence electrons. The second-order valence-electron chi connectivity index (χ2n) is 8.63. The molecule has 2 aromatic carbocycles. The Morgan fingerprint density at radius 1 is 0.972 bits per heavy atom. The summed E-state index contributed by atoms with van der Waals surface area (Å²) in [5, 5.41) is 0. The van der Waals surface area contributed by atoms with Crippen molar-refractivity contribution >= 4 is 17.7 Å². The molecular weight excluding hydrogens is 462 g/mol. The number of ketones is 1. The van der Waals surface area contributed by atoms with E-state index in [1.54, 1.807) is 54.6 Å². The van der Waals surface area contributed by atoms with Crippen LogP contribution in [0.3, 0.4) is 0 Å². The Morgan fingerprint density at radius 2 is 1.64 bits per heavy atom. The van der Waals surface area contributed by atoms with Crippen molar-refractivity contribution in [3.05, 3.63) is 82.7 Å². The maximum atomic E-state index is 12.9. The highest BCUT2D eigenvalue weighted by molar-refractivity contribution is 6.00.